The number of nitrogens with zero attached hydrogens (tertiary/aromatic N) is 2. The molecule has 1 aromatic carbocycles. The van der Waals surface area contributed by atoms with Crippen LogP contribution in [0.3, 0.4) is 0 Å². The minimum Gasteiger partial charge on any atom is -0.375 e. The summed E-state index contributed by atoms with van der Waals surface area (Å²) in [6.07, 6.45) is 3.62. The summed E-state index contributed by atoms with van der Waals surface area (Å²) in [7, 11) is 1.56. The molecule has 1 aliphatic heterocycles. The topological polar surface area (TPSA) is 51.7 Å². The van der Waals surface area contributed by atoms with E-state index in [1.54, 1.807) is 13.3 Å². The van der Waals surface area contributed by atoms with Crippen molar-refractivity contribution in [3.63, 3.8) is 0 Å². The van der Waals surface area contributed by atoms with Gasteiger partial charge in [0.15, 0.2) is 0 Å². The van der Waals surface area contributed by atoms with Crippen LogP contribution >= 0.6 is 0 Å². The molecule has 0 bridgehead atoms. The molecule has 1 aromatic heterocycles. The average Bonchev–Trinajstić information content (AvgIpc) is 2.69. The first-order chi connectivity index (χ1) is 12.8. The van der Waals surface area contributed by atoms with Crippen LogP contribution in [-0.2, 0) is 27.3 Å². The quantitative estimate of drug-likeness (QED) is 0.767. The highest BCUT2D eigenvalue weighted by Crippen LogP contribution is 2.25. The van der Waals surface area contributed by atoms with Crippen molar-refractivity contribution in [3.05, 3.63) is 66.0 Å². The van der Waals surface area contributed by atoms with Crippen molar-refractivity contribution in [1.82, 2.24) is 9.88 Å². The lowest BCUT2D eigenvalue weighted by Crippen LogP contribution is -2.48. The molecule has 26 heavy (non-hydrogen) atoms. The Labute approximate surface area is 155 Å². The minimum absolute atomic E-state index is 0.0498. The van der Waals surface area contributed by atoms with E-state index in [1.165, 1.54) is 5.56 Å². The molecule has 2 aromatic rings. The van der Waals surface area contributed by atoms with Gasteiger partial charge in [0.05, 0.1) is 18.4 Å². The van der Waals surface area contributed by atoms with Crippen LogP contribution in [-0.4, -0.2) is 48.7 Å². The van der Waals surface area contributed by atoms with Crippen molar-refractivity contribution in [2.75, 3.05) is 26.8 Å². The van der Waals surface area contributed by atoms with E-state index in [1.807, 2.05) is 29.2 Å². The zero-order chi connectivity index (χ0) is 18.2. The highest BCUT2D eigenvalue weighted by atomic mass is 16.5. The summed E-state index contributed by atoms with van der Waals surface area (Å²) in [5.41, 5.74) is 2.20. The number of aromatic nitrogens is 1. The van der Waals surface area contributed by atoms with Crippen molar-refractivity contribution in [3.8, 4) is 0 Å². The summed E-state index contributed by atoms with van der Waals surface area (Å²) >= 11 is 0. The summed E-state index contributed by atoms with van der Waals surface area (Å²) in [4.78, 5) is 18.5. The third kappa shape index (κ3) is 5.13. The molecule has 2 atom stereocenters. The summed E-state index contributed by atoms with van der Waals surface area (Å²) < 4.78 is 11.2. The number of amides is 1. The number of likely N-dealkylation sites (tertiary alicyclic amines) is 1. The molecule has 1 amide bonds. The first-order valence-electron chi connectivity index (χ1n) is 9.08. The third-order valence-corrected chi connectivity index (χ3v) is 4.80. The number of carbonyl (C=O) groups is 1. The van der Waals surface area contributed by atoms with Gasteiger partial charge in [-0.05, 0) is 30.5 Å². The monoisotopic (exact) mass is 354 g/mol. The van der Waals surface area contributed by atoms with E-state index in [4.69, 9.17) is 9.47 Å². The second-order valence-electron chi connectivity index (χ2n) is 6.68. The Hall–Kier alpha value is -2.24. The number of carbonyl (C=O) groups excluding carboxylic acids is 1. The number of hydrogen-bond acceptors (Lipinski definition) is 4. The van der Waals surface area contributed by atoms with Crippen LogP contribution in [0, 0.1) is 5.92 Å². The molecule has 2 heterocycles. The first kappa shape index (κ1) is 18.5. The molecule has 0 aliphatic carbocycles. The minimum atomic E-state index is 0.0498. The molecule has 3 rings (SSSR count). The molecule has 138 valence electrons. The van der Waals surface area contributed by atoms with Crippen LogP contribution in [0.4, 0.5) is 0 Å². The lowest BCUT2D eigenvalue weighted by atomic mass is 9.88. The lowest BCUT2D eigenvalue weighted by molar-refractivity contribution is -0.140. The summed E-state index contributed by atoms with van der Waals surface area (Å²) in [6.45, 7) is 2.05. The number of benzene rings is 1. The fraction of sp³-hybridized carbons (Fsp3) is 0.429. The van der Waals surface area contributed by atoms with E-state index in [-0.39, 0.29) is 24.5 Å². The van der Waals surface area contributed by atoms with Gasteiger partial charge in [0.1, 0.15) is 6.61 Å². The third-order valence-electron chi connectivity index (χ3n) is 4.80. The standard InChI is InChI=1S/C21H26N2O3/c1-25-16-21(24)23-12-10-20(26-15-19-9-5-6-11-22-19)18(14-23)13-17-7-3-2-4-8-17/h2-9,11,18,20H,10,12-16H2,1H3/t18-,20-/m0/s1. The van der Waals surface area contributed by atoms with Crippen LogP contribution in [0.25, 0.3) is 0 Å². The van der Waals surface area contributed by atoms with Crippen molar-refractivity contribution < 1.29 is 14.3 Å². The van der Waals surface area contributed by atoms with E-state index in [0.717, 1.165) is 18.5 Å². The van der Waals surface area contributed by atoms with E-state index in [2.05, 4.69) is 29.2 Å². The average molecular weight is 354 g/mol. The second-order valence-corrected chi connectivity index (χ2v) is 6.68. The molecular formula is C21H26N2O3. The van der Waals surface area contributed by atoms with Crippen LogP contribution in [0.1, 0.15) is 17.7 Å². The number of pyridine rings is 1. The number of hydrogen-bond donors (Lipinski definition) is 0. The van der Waals surface area contributed by atoms with Crippen LogP contribution in [0.2, 0.25) is 0 Å². The van der Waals surface area contributed by atoms with Crippen LogP contribution in [0.15, 0.2) is 54.7 Å². The zero-order valence-electron chi connectivity index (χ0n) is 15.2. The zero-order valence-corrected chi connectivity index (χ0v) is 15.2. The van der Waals surface area contributed by atoms with Crippen LogP contribution < -0.4 is 0 Å². The summed E-state index contributed by atoms with van der Waals surface area (Å²) in [6, 6.07) is 16.2. The molecular weight excluding hydrogens is 328 g/mol. The highest BCUT2D eigenvalue weighted by molar-refractivity contribution is 5.77. The predicted octanol–water partition coefficient (Wildman–Crippen LogP) is 2.70. The Morgan fingerprint density at radius 1 is 1.19 bits per heavy atom. The van der Waals surface area contributed by atoms with E-state index in [0.29, 0.717) is 19.7 Å². The maximum atomic E-state index is 12.2. The highest BCUT2D eigenvalue weighted by Gasteiger charge is 2.32. The van der Waals surface area contributed by atoms with Crippen molar-refractivity contribution in [1.29, 1.82) is 0 Å². The normalized spacial score (nSPS) is 20.1. The van der Waals surface area contributed by atoms with Gasteiger partial charge in [0, 0.05) is 32.3 Å². The molecule has 0 saturated carbocycles. The van der Waals surface area contributed by atoms with E-state index < -0.39 is 0 Å². The Balaban J connectivity index is 1.66. The number of ether oxygens (including phenoxy) is 2. The molecule has 1 fully saturated rings. The van der Waals surface area contributed by atoms with E-state index >= 15 is 0 Å². The van der Waals surface area contributed by atoms with Crippen molar-refractivity contribution in [2.24, 2.45) is 5.92 Å². The molecule has 0 spiro atoms. The van der Waals surface area contributed by atoms with Gasteiger partial charge >= 0.3 is 0 Å². The van der Waals surface area contributed by atoms with Gasteiger partial charge in [-0.1, -0.05) is 36.4 Å². The fourth-order valence-electron chi connectivity index (χ4n) is 3.46. The number of rotatable bonds is 7. The lowest BCUT2D eigenvalue weighted by Gasteiger charge is -2.38. The molecule has 1 saturated heterocycles. The van der Waals surface area contributed by atoms with Gasteiger partial charge in [0.2, 0.25) is 5.91 Å². The smallest absolute Gasteiger partial charge is 0.248 e. The SMILES string of the molecule is COCC(=O)N1CC[C@H](OCc2ccccn2)[C@@H](Cc2ccccc2)C1. The summed E-state index contributed by atoms with van der Waals surface area (Å²) in [5, 5.41) is 0. The molecule has 0 N–H and O–H groups in total. The molecule has 0 unspecified atom stereocenters. The van der Waals surface area contributed by atoms with E-state index in [9.17, 15) is 4.79 Å². The molecule has 5 nitrogen and oxygen atoms in total. The maximum absolute atomic E-state index is 12.2. The Kier molecular flexibility index (Phi) is 6.75. The van der Waals surface area contributed by atoms with Crippen LogP contribution in [0.5, 0.6) is 0 Å². The molecule has 0 radical (unpaired) electrons. The van der Waals surface area contributed by atoms with Crippen molar-refractivity contribution >= 4 is 5.91 Å². The summed E-state index contributed by atoms with van der Waals surface area (Å²) in [5.74, 6) is 0.310. The largest absolute Gasteiger partial charge is 0.375 e. The Morgan fingerprint density at radius 3 is 2.73 bits per heavy atom. The van der Waals surface area contributed by atoms with Gasteiger partial charge in [-0.25, -0.2) is 0 Å². The number of piperidine rings is 1. The van der Waals surface area contributed by atoms with Gasteiger partial charge in [-0.2, -0.15) is 0 Å². The Bertz CT molecular complexity index is 678. The second kappa shape index (κ2) is 9.46. The molecule has 1 aliphatic rings. The van der Waals surface area contributed by atoms with Crippen molar-refractivity contribution in [2.45, 2.75) is 25.6 Å². The van der Waals surface area contributed by atoms with Gasteiger partial charge in [-0.15, -0.1) is 0 Å². The van der Waals surface area contributed by atoms with Gasteiger partial charge in [0.25, 0.3) is 0 Å². The number of methoxy groups -OCH3 is 1. The molecule has 5 heteroatoms. The fourth-order valence-corrected chi connectivity index (χ4v) is 3.46. The van der Waals surface area contributed by atoms with Gasteiger partial charge < -0.3 is 14.4 Å². The maximum Gasteiger partial charge on any atom is 0.248 e. The van der Waals surface area contributed by atoms with Gasteiger partial charge in [-0.3, -0.25) is 9.78 Å². The predicted molar refractivity (Wildman–Crippen MR) is 99.5 cm³/mol. The Morgan fingerprint density at radius 2 is 2.00 bits per heavy atom. The first-order valence-corrected chi connectivity index (χ1v) is 9.08.